The molecule has 0 aliphatic carbocycles. The molecule has 30 heavy (non-hydrogen) atoms. The van der Waals surface area contributed by atoms with E-state index in [1.807, 2.05) is 0 Å². The van der Waals surface area contributed by atoms with Crippen LogP contribution in [0.25, 0.3) is 0 Å². The van der Waals surface area contributed by atoms with Gasteiger partial charge in [0.05, 0.1) is 0 Å². The zero-order chi connectivity index (χ0) is 21.3. The minimum absolute atomic E-state index is 0.792. The fourth-order valence-corrected chi connectivity index (χ4v) is 4.18. The lowest BCUT2D eigenvalue weighted by molar-refractivity contribution is 0.462. The summed E-state index contributed by atoms with van der Waals surface area (Å²) >= 11 is 0. The number of anilines is 3. The number of benzene rings is 3. The van der Waals surface area contributed by atoms with Crippen LogP contribution in [0.1, 0.15) is 63.6 Å². The Hall–Kier alpha value is -2.54. The van der Waals surface area contributed by atoms with Gasteiger partial charge in [-0.1, -0.05) is 83.4 Å². The SMILES string of the molecule is CCCC(CC)Cc1ccc(N(c2ccc(CC)cc2)c2ccc(CC)cc2)cc1. The summed E-state index contributed by atoms with van der Waals surface area (Å²) in [5.41, 5.74) is 7.83. The second kappa shape index (κ2) is 11.0. The van der Waals surface area contributed by atoms with E-state index in [9.17, 15) is 0 Å². The summed E-state index contributed by atoms with van der Waals surface area (Å²) in [6.45, 7) is 9.02. The van der Waals surface area contributed by atoms with Gasteiger partial charge in [0.15, 0.2) is 0 Å². The Morgan fingerprint density at radius 2 is 0.967 bits per heavy atom. The van der Waals surface area contributed by atoms with Crippen LogP contribution in [0.5, 0.6) is 0 Å². The number of hydrogen-bond donors (Lipinski definition) is 0. The molecule has 0 saturated carbocycles. The molecule has 0 saturated heterocycles. The molecule has 1 unspecified atom stereocenters. The first-order valence-electron chi connectivity index (χ1n) is 11.7. The Kier molecular flexibility index (Phi) is 8.13. The monoisotopic (exact) mass is 399 g/mol. The zero-order valence-electron chi connectivity index (χ0n) is 19.2. The molecule has 3 rings (SSSR count). The van der Waals surface area contributed by atoms with Gasteiger partial charge in [0.2, 0.25) is 0 Å². The highest BCUT2D eigenvalue weighted by Gasteiger charge is 2.13. The number of nitrogens with zero attached hydrogens (tertiary/aromatic N) is 1. The first kappa shape index (κ1) is 22.2. The average Bonchev–Trinajstić information content (AvgIpc) is 2.81. The molecular weight excluding hydrogens is 362 g/mol. The second-order valence-electron chi connectivity index (χ2n) is 8.31. The molecule has 0 amide bonds. The van der Waals surface area contributed by atoms with Crippen molar-refractivity contribution in [3.63, 3.8) is 0 Å². The van der Waals surface area contributed by atoms with E-state index in [4.69, 9.17) is 0 Å². The molecule has 0 aliphatic heterocycles. The molecule has 158 valence electrons. The zero-order valence-corrected chi connectivity index (χ0v) is 19.2. The Morgan fingerprint density at radius 1 is 0.567 bits per heavy atom. The molecule has 0 bridgehead atoms. The topological polar surface area (TPSA) is 3.24 Å². The normalized spacial score (nSPS) is 12.0. The molecule has 0 aromatic heterocycles. The van der Waals surface area contributed by atoms with E-state index < -0.39 is 0 Å². The fourth-order valence-electron chi connectivity index (χ4n) is 4.18. The van der Waals surface area contributed by atoms with Crippen LogP contribution in [0.4, 0.5) is 17.1 Å². The van der Waals surface area contributed by atoms with Crippen molar-refractivity contribution in [1.82, 2.24) is 0 Å². The van der Waals surface area contributed by atoms with Gasteiger partial charge in [-0.15, -0.1) is 0 Å². The lowest BCUT2D eigenvalue weighted by Crippen LogP contribution is -2.10. The third-order valence-electron chi connectivity index (χ3n) is 6.20. The largest absolute Gasteiger partial charge is 0.311 e. The average molecular weight is 400 g/mol. The van der Waals surface area contributed by atoms with Crippen LogP contribution >= 0.6 is 0 Å². The lowest BCUT2D eigenvalue weighted by atomic mass is 9.93. The van der Waals surface area contributed by atoms with Crippen molar-refractivity contribution in [3.8, 4) is 0 Å². The molecule has 1 heteroatoms. The predicted molar refractivity (Wildman–Crippen MR) is 132 cm³/mol. The predicted octanol–water partition coefficient (Wildman–Crippen LogP) is 8.65. The van der Waals surface area contributed by atoms with Crippen molar-refractivity contribution in [2.75, 3.05) is 4.90 Å². The van der Waals surface area contributed by atoms with Gasteiger partial charge in [-0.05, 0) is 78.3 Å². The summed E-state index contributed by atoms with van der Waals surface area (Å²) < 4.78 is 0. The van der Waals surface area contributed by atoms with E-state index in [-0.39, 0.29) is 0 Å². The van der Waals surface area contributed by atoms with E-state index in [1.54, 1.807) is 0 Å². The van der Waals surface area contributed by atoms with Crippen LogP contribution in [0.15, 0.2) is 72.8 Å². The summed E-state index contributed by atoms with van der Waals surface area (Å²) in [7, 11) is 0. The van der Waals surface area contributed by atoms with E-state index in [2.05, 4.69) is 105 Å². The van der Waals surface area contributed by atoms with E-state index >= 15 is 0 Å². The summed E-state index contributed by atoms with van der Waals surface area (Å²) in [5, 5.41) is 0. The molecule has 3 aromatic rings. The highest BCUT2D eigenvalue weighted by molar-refractivity contribution is 5.76. The van der Waals surface area contributed by atoms with Crippen LogP contribution in [-0.2, 0) is 19.3 Å². The molecule has 0 heterocycles. The molecule has 1 atom stereocenters. The standard InChI is InChI=1S/C29H37N/c1-5-9-25(8-4)22-26-14-20-29(21-15-26)30(27-16-10-23(6-2)11-17-27)28-18-12-24(7-3)13-19-28/h10-21,25H,5-9,22H2,1-4H3. The highest BCUT2D eigenvalue weighted by Crippen LogP contribution is 2.35. The van der Waals surface area contributed by atoms with E-state index in [1.165, 1.54) is 59.4 Å². The molecule has 3 aromatic carbocycles. The van der Waals surface area contributed by atoms with Crippen molar-refractivity contribution < 1.29 is 0 Å². The maximum Gasteiger partial charge on any atom is 0.0461 e. The van der Waals surface area contributed by atoms with Gasteiger partial charge in [-0.2, -0.15) is 0 Å². The van der Waals surface area contributed by atoms with Gasteiger partial charge < -0.3 is 4.90 Å². The van der Waals surface area contributed by atoms with Gasteiger partial charge >= 0.3 is 0 Å². The smallest absolute Gasteiger partial charge is 0.0461 e. The summed E-state index contributed by atoms with van der Waals surface area (Å²) in [4.78, 5) is 2.37. The van der Waals surface area contributed by atoms with Crippen LogP contribution in [-0.4, -0.2) is 0 Å². The molecule has 0 aliphatic rings. The maximum atomic E-state index is 2.37. The molecule has 0 N–H and O–H groups in total. The van der Waals surface area contributed by atoms with Crippen LogP contribution < -0.4 is 4.90 Å². The Morgan fingerprint density at radius 3 is 1.30 bits per heavy atom. The van der Waals surface area contributed by atoms with Crippen molar-refractivity contribution in [3.05, 3.63) is 89.5 Å². The van der Waals surface area contributed by atoms with Gasteiger partial charge in [0.25, 0.3) is 0 Å². The van der Waals surface area contributed by atoms with E-state index in [0.29, 0.717) is 0 Å². The molecular formula is C29H37N. The lowest BCUT2D eigenvalue weighted by Gasteiger charge is -2.26. The van der Waals surface area contributed by atoms with Gasteiger partial charge in [-0.25, -0.2) is 0 Å². The molecule has 0 fully saturated rings. The van der Waals surface area contributed by atoms with Gasteiger partial charge in [-0.3, -0.25) is 0 Å². The molecule has 1 nitrogen and oxygen atoms in total. The van der Waals surface area contributed by atoms with Gasteiger partial charge in [0.1, 0.15) is 0 Å². The Labute approximate surface area is 183 Å². The minimum Gasteiger partial charge on any atom is -0.311 e. The van der Waals surface area contributed by atoms with Crippen LogP contribution in [0, 0.1) is 5.92 Å². The second-order valence-corrected chi connectivity index (χ2v) is 8.31. The first-order chi connectivity index (χ1) is 14.7. The molecule has 0 radical (unpaired) electrons. The van der Waals surface area contributed by atoms with Crippen molar-refractivity contribution >= 4 is 17.1 Å². The van der Waals surface area contributed by atoms with Crippen LogP contribution in [0.2, 0.25) is 0 Å². The third-order valence-corrected chi connectivity index (χ3v) is 6.20. The first-order valence-corrected chi connectivity index (χ1v) is 11.7. The fraction of sp³-hybridized carbons (Fsp3) is 0.379. The Balaban J connectivity index is 1.92. The Bertz CT molecular complexity index is 828. The minimum atomic E-state index is 0.792. The van der Waals surface area contributed by atoms with Crippen molar-refractivity contribution in [2.24, 2.45) is 5.92 Å². The summed E-state index contributed by atoms with van der Waals surface area (Å²) in [5.74, 6) is 0.792. The van der Waals surface area contributed by atoms with Crippen molar-refractivity contribution in [2.45, 2.75) is 66.2 Å². The van der Waals surface area contributed by atoms with E-state index in [0.717, 1.165) is 18.8 Å². The number of rotatable bonds is 10. The number of aryl methyl sites for hydroxylation is 2. The van der Waals surface area contributed by atoms with Gasteiger partial charge in [0, 0.05) is 17.1 Å². The summed E-state index contributed by atoms with van der Waals surface area (Å²) in [6, 6.07) is 27.2. The quantitative estimate of drug-likeness (QED) is 0.330. The van der Waals surface area contributed by atoms with Crippen molar-refractivity contribution in [1.29, 1.82) is 0 Å². The highest BCUT2D eigenvalue weighted by atomic mass is 15.1. The number of hydrogen-bond acceptors (Lipinski definition) is 1. The summed E-state index contributed by atoms with van der Waals surface area (Å²) in [6.07, 6.45) is 7.16. The third kappa shape index (κ3) is 5.53. The van der Waals surface area contributed by atoms with Crippen LogP contribution in [0.3, 0.4) is 0 Å². The maximum absolute atomic E-state index is 2.37. The molecule has 0 spiro atoms.